The minimum atomic E-state index is -0.669. The Morgan fingerprint density at radius 2 is 1.67 bits per heavy atom. The zero-order valence-electron chi connectivity index (χ0n) is 26.0. The van der Waals surface area contributed by atoms with E-state index in [1.807, 2.05) is 37.3 Å². The number of nitro benzene ring substituents is 1. The van der Waals surface area contributed by atoms with E-state index in [0.29, 0.717) is 38.9 Å². The summed E-state index contributed by atoms with van der Waals surface area (Å²) in [5, 5.41) is 22.3. The molecule has 0 atom stereocenters. The van der Waals surface area contributed by atoms with Gasteiger partial charge in [0, 0.05) is 22.8 Å². The van der Waals surface area contributed by atoms with E-state index >= 15 is 0 Å². The molecule has 4 rings (SSSR count). The number of esters is 1. The van der Waals surface area contributed by atoms with Crippen LogP contribution in [0.2, 0.25) is 0 Å². The van der Waals surface area contributed by atoms with Crippen molar-refractivity contribution < 1.29 is 28.7 Å². The van der Waals surface area contributed by atoms with Gasteiger partial charge in [0.1, 0.15) is 17.6 Å². The number of aryl methyl sites for hydroxylation is 2. The number of nitriles is 1. The number of ether oxygens (including phenoxy) is 3. The molecule has 0 saturated heterocycles. The molecule has 0 aliphatic carbocycles. The lowest BCUT2D eigenvalue weighted by Crippen LogP contribution is -2.37. The molecule has 0 spiro atoms. The fourth-order valence-corrected chi connectivity index (χ4v) is 5.55. The molecule has 1 amide bonds. The third kappa shape index (κ3) is 7.62. The van der Waals surface area contributed by atoms with Crippen LogP contribution in [-0.2, 0) is 14.3 Å². The number of anilines is 1. The number of hydrogen-bond acceptors (Lipinski definition) is 10. The Morgan fingerprint density at radius 1 is 0.978 bits per heavy atom. The van der Waals surface area contributed by atoms with Crippen LogP contribution in [0.5, 0.6) is 11.5 Å². The topological polar surface area (TPSA) is 145 Å². The summed E-state index contributed by atoms with van der Waals surface area (Å²) in [6, 6.07) is 21.4. The van der Waals surface area contributed by atoms with Gasteiger partial charge in [0.2, 0.25) is 5.91 Å². The van der Waals surface area contributed by atoms with E-state index in [4.69, 9.17) is 19.2 Å². The number of aromatic nitrogens is 1. The maximum Gasteiger partial charge on any atom is 0.326 e. The lowest BCUT2D eigenvalue weighted by Gasteiger charge is -2.22. The second kappa shape index (κ2) is 15.0. The van der Waals surface area contributed by atoms with Gasteiger partial charge in [0.15, 0.2) is 11.5 Å². The van der Waals surface area contributed by atoms with Gasteiger partial charge in [-0.05, 0) is 50.6 Å². The number of benzene rings is 3. The maximum absolute atomic E-state index is 13.7. The molecule has 46 heavy (non-hydrogen) atoms. The number of thioether (sulfide) groups is 1. The van der Waals surface area contributed by atoms with Crippen molar-refractivity contribution in [3.8, 4) is 40.0 Å². The van der Waals surface area contributed by atoms with Crippen molar-refractivity contribution in [1.82, 2.24) is 4.98 Å². The first-order chi connectivity index (χ1) is 22.1. The fourth-order valence-electron chi connectivity index (χ4n) is 4.67. The van der Waals surface area contributed by atoms with Crippen LogP contribution >= 0.6 is 11.8 Å². The van der Waals surface area contributed by atoms with Crippen molar-refractivity contribution in [2.75, 3.05) is 38.0 Å². The Bertz CT molecular complexity index is 1820. The summed E-state index contributed by atoms with van der Waals surface area (Å²) in [6.07, 6.45) is 0. The van der Waals surface area contributed by atoms with E-state index in [1.165, 1.54) is 32.4 Å². The number of carbonyl (C=O) groups excluding carboxylic acids is 2. The summed E-state index contributed by atoms with van der Waals surface area (Å²) in [7, 11) is 3.06. The molecule has 11 nitrogen and oxygen atoms in total. The number of pyridine rings is 1. The first kappa shape index (κ1) is 33.5. The first-order valence-electron chi connectivity index (χ1n) is 14.2. The van der Waals surface area contributed by atoms with Gasteiger partial charge in [-0.2, -0.15) is 5.26 Å². The standard InChI is InChI=1S/C34H32N4O7S/c1-6-45-33(40)19-37(25-13-9-22(3)29(16-25)38(41)42)32(39)20-46-34-27(18-35)26(24-12-14-30(43-4)31(15-24)44-5)17-28(36-34)23-10-7-21(2)8-11-23/h7-17H,6,19-20H2,1-5H3. The number of methoxy groups -OCH3 is 2. The monoisotopic (exact) mass is 640 g/mol. The number of carbonyl (C=O) groups is 2. The van der Waals surface area contributed by atoms with Crippen LogP contribution < -0.4 is 14.4 Å². The van der Waals surface area contributed by atoms with Gasteiger partial charge < -0.3 is 19.1 Å². The van der Waals surface area contributed by atoms with Gasteiger partial charge in [-0.25, -0.2) is 4.98 Å². The summed E-state index contributed by atoms with van der Waals surface area (Å²) < 4.78 is 16.0. The zero-order valence-corrected chi connectivity index (χ0v) is 26.8. The molecule has 0 aliphatic heterocycles. The molecule has 1 heterocycles. The van der Waals surface area contributed by atoms with Gasteiger partial charge in [0.25, 0.3) is 5.69 Å². The average Bonchev–Trinajstić information content (AvgIpc) is 3.06. The van der Waals surface area contributed by atoms with Crippen molar-refractivity contribution in [3.63, 3.8) is 0 Å². The lowest BCUT2D eigenvalue weighted by atomic mass is 9.98. The van der Waals surface area contributed by atoms with Crippen LogP contribution in [0, 0.1) is 35.3 Å². The van der Waals surface area contributed by atoms with Gasteiger partial charge in [-0.15, -0.1) is 0 Å². The summed E-state index contributed by atoms with van der Waals surface area (Å²) in [4.78, 5) is 43.2. The molecule has 0 unspecified atom stereocenters. The van der Waals surface area contributed by atoms with Crippen molar-refractivity contribution in [3.05, 3.63) is 93.5 Å². The second-order valence-corrected chi connectivity index (χ2v) is 11.0. The van der Waals surface area contributed by atoms with Crippen molar-refractivity contribution in [2.24, 2.45) is 0 Å². The molecule has 0 saturated carbocycles. The van der Waals surface area contributed by atoms with E-state index < -0.39 is 23.3 Å². The lowest BCUT2D eigenvalue weighted by molar-refractivity contribution is -0.385. The largest absolute Gasteiger partial charge is 0.493 e. The molecule has 0 bridgehead atoms. The van der Waals surface area contributed by atoms with E-state index in [1.54, 1.807) is 32.0 Å². The van der Waals surface area contributed by atoms with E-state index in [0.717, 1.165) is 27.8 Å². The zero-order chi connectivity index (χ0) is 33.4. The molecular formula is C34H32N4O7S. The molecule has 0 aliphatic rings. The number of amides is 1. The minimum absolute atomic E-state index is 0.101. The van der Waals surface area contributed by atoms with Crippen molar-refractivity contribution in [1.29, 1.82) is 5.26 Å². The molecule has 236 valence electrons. The molecule has 4 aromatic rings. The Balaban J connectivity index is 1.78. The quantitative estimate of drug-likeness (QED) is 0.0726. The number of nitro groups is 1. The molecule has 0 radical (unpaired) electrons. The molecule has 1 aromatic heterocycles. The summed E-state index contributed by atoms with van der Waals surface area (Å²) in [6.45, 7) is 4.85. The van der Waals surface area contributed by atoms with E-state index in [2.05, 4.69) is 6.07 Å². The highest BCUT2D eigenvalue weighted by molar-refractivity contribution is 8.00. The van der Waals surface area contributed by atoms with Crippen LogP contribution in [0.4, 0.5) is 11.4 Å². The maximum atomic E-state index is 13.7. The highest BCUT2D eigenvalue weighted by atomic mass is 32.2. The second-order valence-electron chi connectivity index (χ2n) is 10.1. The normalized spacial score (nSPS) is 10.5. The van der Waals surface area contributed by atoms with Crippen LogP contribution in [0.25, 0.3) is 22.4 Å². The predicted molar refractivity (Wildman–Crippen MR) is 175 cm³/mol. The Kier molecular flexibility index (Phi) is 11.0. The molecule has 0 fully saturated rings. The van der Waals surface area contributed by atoms with Crippen molar-refractivity contribution >= 4 is 35.0 Å². The predicted octanol–water partition coefficient (Wildman–Crippen LogP) is 6.52. The average molecular weight is 641 g/mol. The van der Waals surface area contributed by atoms with Crippen molar-refractivity contribution in [2.45, 2.75) is 25.8 Å². The van der Waals surface area contributed by atoms with Crippen LogP contribution in [0.15, 0.2) is 71.8 Å². The highest BCUT2D eigenvalue weighted by Crippen LogP contribution is 2.38. The molecule has 3 aromatic carbocycles. The summed E-state index contributed by atoms with van der Waals surface area (Å²) in [5.74, 6) is -0.433. The SMILES string of the molecule is CCOC(=O)CN(C(=O)CSc1nc(-c2ccc(C)cc2)cc(-c2ccc(OC)c(OC)c2)c1C#N)c1ccc(C)c([N+](=O)[O-])c1. The summed E-state index contributed by atoms with van der Waals surface area (Å²) >= 11 is 1.03. The van der Waals surface area contributed by atoms with Crippen LogP contribution in [-0.4, -0.2) is 54.9 Å². The third-order valence-corrected chi connectivity index (χ3v) is 8.03. The fraction of sp³-hybridized carbons (Fsp3) is 0.235. The summed E-state index contributed by atoms with van der Waals surface area (Å²) in [5.41, 5.74) is 4.33. The number of hydrogen-bond donors (Lipinski definition) is 0. The van der Waals surface area contributed by atoms with E-state index in [9.17, 15) is 25.0 Å². The van der Waals surface area contributed by atoms with Gasteiger partial charge >= 0.3 is 5.97 Å². The third-order valence-electron chi connectivity index (χ3n) is 7.07. The number of nitrogens with zero attached hydrogens (tertiary/aromatic N) is 4. The van der Waals surface area contributed by atoms with Gasteiger partial charge in [0.05, 0.1) is 48.4 Å². The molecule has 12 heteroatoms. The first-order valence-corrected chi connectivity index (χ1v) is 15.2. The Hall–Kier alpha value is -5.41. The molecular weight excluding hydrogens is 608 g/mol. The molecule has 0 N–H and O–H groups in total. The Morgan fingerprint density at radius 3 is 2.30 bits per heavy atom. The smallest absolute Gasteiger partial charge is 0.326 e. The highest BCUT2D eigenvalue weighted by Gasteiger charge is 2.25. The van der Waals surface area contributed by atoms with Gasteiger partial charge in [-0.1, -0.05) is 53.7 Å². The van der Waals surface area contributed by atoms with E-state index in [-0.39, 0.29) is 29.3 Å². The number of rotatable bonds is 12. The van der Waals surface area contributed by atoms with Gasteiger partial charge in [-0.3, -0.25) is 19.7 Å². The van der Waals surface area contributed by atoms with Crippen LogP contribution in [0.3, 0.4) is 0 Å². The van der Waals surface area contributed by atoms with Crippen LogP contribution in [0.1, 0.15) is 23.6 Å². The Labute approximate surface area is 270 Å². The minimum Gasteiger partial charge on any atom is -0.493 e.